The predicted octanol–water partition coefficient (Wildman–Crippen LogP) is 5.24. The molecule has 1 aromatic carbocycles. The summed E-state index contributed by atoms with van der Waals surface area (Å²) < 4.78 is 1.76. The summed E-state index contributed by atoms with van der Waals surface area (Å²) in [5, 5.41) is 0.793. The molecule has 0 bridgehead atoms. The van der Waals surface area contributed by atoms with Crippen molar-refractivity contribution in [2.24, 2.45) is 0 Å². The van der Waals surface area contributed by atoms with Gasteiger partial charge in [0.25, 0.3) is 5.91 Å². The van der Waals surface area contributed by atoms with Crippen LogP contribution in [0.15, 0.2) is 27.1 Å². The van der Waals surface area contributed by atoms with Crippen molar-refractivity contribution in [2.45, 2.75) is 32.7 Å². The van der Waals surface area contributed by atoms with Gasteiger partial charge in [0.2, 0.25) is 0 Å². The molecule has 0 saturated heterocycles. The molecule has 0 N–H and O–H groups in total. The molecule has 0 fully saturated rings. The third kappa shape index (κ3) is 4.57. The average Bonchev–Trinajstić information content (AvgIpc) is 2.41. The van der Waals surface area contributed by atoms with E-state index >= 15 is 0 Å². The van der Waals surface area contributed by atoms with Gasteiger partial charge in [-0.05, 0) is 47.0 Å². The molecule has 0 aliphatic carbocycles. The first kappa shape index (κ1) is 17.2. The highest BCUT2D eigenvalue weighted by Crippen LogP contribution is 2.24. The summed E-state index contributed by atoms with van der Waals surface area (Å²) in [7, 11) is 0. The van der Waals surface area contributed by atoms with E-state index in [1.54, 1.807) is 0 Å². The van der Waals surface area contributed by atoms with Gasteiger partial charge < -0.3 is 4.90 Å². The molecule has 0 aromatic heterocycles. The lowest BCUT2D eigenvalue weighted by molar-refractivity contribution is 0.0682. The van der Waals surface area contributed by atoms with Crippen LogP contribution < -0.4 is 0 Å². The average molecular weight is 456 g/mol. The molecule has 19 heavy (non-hydrogen) atoms. The Kier molecular flexibility index (Phi) is 7.62. The number of amides is 1. The molecular formula is C14H18Br3NO. The zero-order valence-corrected chi connectivity index (χ0v) is 15.9. The van der Waals surface area contributed by atoms with Crippen LogP contribution in [-0.2, 0) is 0 Å². The molecule has 0 atom stereocenters. The predicted molar refractivity (Wildman–Crippen MR) is 91.0 cm³/mol. The van der Waals surface area contributed by atoms with Crippen LogP contribution in [0.5, 0.6) is 0 Å². The fraction of sp³-hybridized carbons (Fsp3) is 0.500. The minimum atomic E-state index is 0.0846. The van der Waals surface area contributed by atoms with Gasteiger partial charge >= 0.3 is 0 Å². The second-order valence-electron chi connectivity index (χ2n) is 4.28. The maximum atomic E-state index is 12.7. The Hall–Kier alpha value is 0.130. The first-order valence-corrected chi connectivity index (χ1v) is 9.07. The second-order valence-corrected chi connectivity index (χ2v) is 6.85. The fourth-order valence-corrected chi connectivity index (χ4v) is 3.25. The van der Waals surface area contributed by atoms with E-state index in [2.05, 4.69) is 61.6 Å². The lowest BCUT2D eigenvalue weighted by Gasteiger charge is -2.30. The molecule has 0 aliphatic rings. The number of benzene rings is 1. The van der Waals surface area contributed by atoms with E-state index in [1.807, 2.05) is 23.1 Å². The van der Waals surface area contributed by atoms with Gasteiger partial charge in [0.1, 0.15) is 0 Å². The van der Waals surface area contributed by atoms with E-state index in [9.17, 15) is 4.79 Å². The molecule has 0 unspecified atom stereocenters. The van der Waals surface area contributed by atoms with Crippen LogP contribution in [0.25, 0.3) is 0 Å². The molecule has 0 radical (unpaired) electrons. The molecule has 0 spiro atoms. The van der Waals surface area contributed by atoms with Crippen molar-refractivity contribution in [3.63, 3.8) is 0 Å². The number of alkyl halides is 1. The molecule has 1 rings (SSSR count). The maximum absolute atomic E-state index is 12.7. The van der Waals surface area contributed by atoms with E-state index in [-0.39, 0.29) is 11.9 Å². The van der Waals surface area contributed by atoms with E-state index in [0.29, 0.717) is 5.56 Å². The first-order chi connectivity index (χ1) is 9.04. The molecular weight excluding hydrogens is 438 g/mol. The SMILES string of the molecule is CCC(CC)N(CCBr)C(=O)c1cc(Br)ccc1Br. The quantitative estimate of drug-likeness (QED) is 0.537. The normalized spacial score (nSPS) is 10.8. The highest BCUT2D eigenvalue weighted by atomic mass is 79.9. The minimum absolute atomic E-state index is 0.0846. The Bertz CT molecular complexity index is 433. The van der Waals surface area contributed by atoms with Crippen LogP contribution in [0, 0.1) is 0 Å². The van der Waals surface area contributed by atoms with Crippen molar-refractivity contribution in [2.75, 3.05) is 11.9 Å². The zero-order valence-electron chi connectivity index (χ0n) is 11.1. The lowest BCUT2D eigenvalue weighted by atomic mass is 10.1. The van der Waals surface area contributed by atoms with Crippen LogP contribution >= 0.6 is 47.8 Å². The Morgan fingerprint density at radius 1 is 1.26 bits per heavy atom. The topological polar surface area (TPSA) is 20.3 Å². The number of carbonyl (C=O) groups excluding carboxylic acids is 1. The van der Waals surface area contributed by atoms with E-state index < -0.39 is 0 Å². The van der Waals surface area contributed by atoms with Gasteiger partial charge in [0, 0.05) is 26.9 Å². The smallest absolute Gasteiger partial charge is 0.255 e. The van der Waals surface area contributed by atoms with Gasteiger partial charge in [-0.2, -0.15) is 0 Å². The first-order valence-electron chi connectivity index (χ1n) is 6.37. The molecule has 1 amide bonds. The third-order valence-corrected chi connectivity index (χ3v) is 4.67. The van der Waals surface area contributed by atoms with Gasteiger partial charge in [0.05, 0.1) is 5.56 Å². The van der Waals surface area contributed by atoms with Crippen LogP contribution in [0.4, 0.5) is 0 Å². The highest BCUT2D eigenvalue weighted by Gasteiger charge is 2.23. The van der Waals surface area contributed by atoms with Gasteiger partial charge in [-0.1, -0.05) is 45.7 Å². The number of rotatable bonds is 6. The maximum Gasteiger partial charge on any atom is 0.255 e. The largest absolute Gasteiger partial charge is 0.335 e. The fourth-order valence-electron chi connectivity index (χ4n) is 2.09. The summed E-state index contributed by atoms with van der Waals surface area (Å²) in [6, 6.07) is 5.98. The Morgan fingerprint density at radius 2 is 1.89 bits per heavy atom. The van der Waals surface area contributed by atoms with E-state index in [1.165, 1.54) is 0 Å². The lowest BCUT2D eigenvalue weighted by Crippen LogP contribution is -2.41. The summed E-state index contributed by atoms with van der Waals surface area (Å²) in [5.41, 5.74) is 0.710. The van der Waals surface area contributed by atoms with Crippen molar-refractivity contribution in [3.8, 4) is 0 Å². The number of halogens is 3. The Morgan fingerprint density at radius 3 is 2.42 bits per heavy atom. The van der Waals surface area contributed by atoms with Crippen molar-refractivity contribution in [1.82, 2.24) is 4.90 Å². The monoisotopic (exact) mass is 453 g/mol. The summed E-state index contributed by atoms with van der Waals surface area (Å²) in [6.45, 7) is 4.97. The van der Waals surface area contributed by atoms with Crippen molar-refractivity contribution < 1.29 is 4.79 Å². The van der Waals surface area contributed by atoms with Crippen LogP contribution in [0.2, 0.25) is 0 Å². The standard InChI is InChI=1S/C14H18Br3NO/c1-3-11(4-2)18(8-7-15)14(19)12-9-10(16)5-6-13(12)17/h5-6,9,11H,3-4,7-8H2,1-2H3. The van der Waals surface area contributed by atoms with E-state index in [0.717, 1.165) is 33.7 Å². The molecule has 0 heterocycles. The zero-order chi connectivity index (χ0) is 14.4. The van der Waals surface area contributed by atoms with Gasteiger partial charge in [-0.25, -0.2) is 0 Å². The van der Waals surface area contributed by atoms with Gasteiger partial charge in [0.15, 0.2) is 0 Å². The molecule has 0 aliphatic heterocycles. The number of nitrogens with zero attached hydrogens (tertiary/aromatic N) is 1. The number of carbonyl (C=O) groups is 1. The Balaban J connectivity index is 3.08. The minimum Gasteiger partial charge on any atom is -0.335 e. The number of hydrogen-bond acceptors (Lipinski definition) is 1. The van der Waals surface area contributed by atoms with Crippen molar-refractivity contribution in [1.29, 1.82) is 0 Å². The van der Waals surface area contributed by atoms with Crippen molar-refractivity contribution in [3.05, 3.63) is 32.7 Å². The van der Waals surface area contributed by atoms with Gasteiger partial charge in [-0.15, -0.1) is 0 Å². The van der Waals surface area contributed by atoms with Crippen LogP contribution in [0.1, 0.15) is 37.0 Å². The summed E-state index contributed by atoms with van der Waals surface area (Å²) in [4.78, 5) is 14.7. The summed E-state index contributed by atoms with van der Waals surface area (Å²) >= 11 is 10.3. The molecule has 0 saturated carbocycles. The van der Waals surface area contributed by atoms with Gasteiger partial charge in [-0.3, -0.25) is 4.79 Å². The number of hydrogen-bond donors (Lipinski definition) is 0. The van der Waals surface area contributed by atoms with Crippen LogP contribution in [0.3, 0.4) is 0 Å². The third-order valence-electron chi connectivity index (χ3n) is 3.13. The highest BCUT2D eigenvalue weighted by molar-refractivity contribution is 9.11. The molecule has 1 aromatic rings. The molecule has 2 nitrogen and oxygen atoms in total. The second kappa shape index (κ2) is 8.42. The summed E-state index contributed by atoms with van der Waals surface area (Å²) in [5.74, 6) is 0.0846. The molecule has 5 heteroatoms. The molecule has 106 valence electrons. The van der Waals surface area contributed by atoms with Crippen LogP contribution in [-0.4, -0.2) is 28.7 Å². The Labute approximate surface area is 140 Å². The summed E-state index contributed by atoms with van der Waals surface area (Å²) in [6.07, 6.45) is 1.95. The van der Waals surface area contributed by atoms with Crippen molar-refractivity contribution >= 4 is 53.7 Å². The van der Waals surface area contributed by atoms with E-state index in [4.69, 9.17) is 0 Å².